The standard InChI is InChI=1S/C23H25FN2O2/c1-15(27)25-14-16-2-4-18(5-3-16)23(28)26-21-10-11-22(26)13-19(12-21)17-6-8-20(24)9-7-17/h2-9,19,21-22H,10-14H2,1H3,(H,25,27). The number of halogens is 1. The van der Waals surface area contributed by atoms with Crippen LogP contribution in [0.5, 0.6) is 0 Å². The average molecular weight is 380 g/mol. The van der Waals surface area contributed by atoms with Gasteiger partial charge in [0.2, 0.25) is 5.91 Å². The molecule has 4 nitrogen and oxygen atoms in total. The van der Waals surface area contributed by atoms with Crippen molar-refractivity contribution in [1.29, 1.82) is 0 Å². The van der Waals surface area contributed by atoms with E-state index in [2.05, 4.69) is 10.2 Å². The first-order chi connectivity index (χ1) is 13.5. The van der Waals surface area contributed by atoms with Crippen molar-refractivity contribution in [2.45, 2.75) is 57.2 Å². The Hall–Kier alpha value is -2.69. The number of fused-ring (bicyclic) bond motifs is 2. The van der Waals surface area contributed by atoms with E-state index in [1.807, 2.05) is 36.4 Å². The molecular formula is C23H25FN2O2. The molecule has 2 aliphatic rings. The van der Waals surface area contributed by atoms with Crippen LogP contribution in [0.15, 0.2) is 48.5 Å². The monoisotopic (exact) mass is 380 g/mol. The number of hydrogen-bond donors (Lipinski definition) is 1. The Morgan fingerprint density at radius 3 is 2.18 bits per heavy atom. The van der Waals surface area contributed by atoms with Gasteiger partial charge < -0.3 is 10.2 Å². The number of piperidine rings is 1. The summed E-state index contributed by atoms with van der Waals surface area (Å²) in [6.45, 7) is 1.96. The quantitative estimate of drug-likeness (QED) is 0.871. The van der Waals surface area contributed by atoms with Crippen molar-refractivity contribution in [1.82, 2.24) is 10.2 Å². The third kappa shape index (κ3) is 3.79. The molecule has 2 bridgehead atoms. The number of hydrogen-bond acceptors (Lipinski definition) is 2. The third-order valence-electron chi connectivity index (χ3n) is 6.05. The van der Waals surface area contributed by atoms with E-state index < -0.39 is 0 Å². The van der Waals surface area contributed by atoms with E-state index in [4.69, 9.17) is 0 Å². The fourth-order valence-corrected chi connectivity index (χ4v) is 4.66. The molecule has 2 saturated heterocycles. The van der Waals surface area contributed by atoms with Crippen molar-refractivity contribution in [3.05, 3.63) is 71.0 Å². The summed E-state index contributed by atoms with van der Waals surface area (Å²) in [6, 6.07) is 14.8. The van der Waals surface area contributed by atoms with Crippen molar-refractivity contribution < 1.29 is 14.0 Å². The largest absolute Gasteiger partial charge is 0.352 e. The Morgan fingerprint density at radius 1 is 1.00 bits per heavy atom. The third-order valence-corrected chi connectivity index (χ3v) is 6.05. The number of rotatable bonds is 4. The molecule has 5 heteroatoms. The van der Waals surface area contributed by atoms with Gasteiger partial charge in [0.1, 0.15) is 5.82 Å². The summed E-state index contributed by atoms with van der Waals surface area (Å²) >= 11 is 0. The van der Waals surface area contributed by atoms with Crippen molar-refractivity contribution in [3.8, 4) is 0 Å². The summed E-state index contributed by atoms with van der Waals surface area (Å²) in [4.78, 5) is 26.2. The first kappa shape index (κ1) is 18.7. The number of benzene rings is 2. The van der Waals surface area contributed by atoms with E-state index in [1.54, 1.807) is 0 Å². The summed E-state index contributed by atoms with van der Waals surface area (Å²) in [5.74, 6) is 0.209. The van der Waals surface area contributed by atoms with Gasteiger partial charge in [0.05, 0.1) is 0 Å². The molecule has 0 spiro atoms. The summed E-state index contributed by atoms with van der Waals surface area (Å²) in [5.41, 5.74) is 2.85. The highest BCUT2D eigenvalue weighted by molar-refractivity contribution is 5.95. The van der Waals surface area contributed by atoms with Crippen LogP contribution in [0.4, 0.5) is 4.39 Å². The molecule has 28 heavy (non-hydrogen) atoms. The Labute approximate surface area is 164 Å². The lowest BCUT2D eigenvalue weighted by Gasteiger charge is -2.39. The molecule has 2 atom stereocenters. The number of carbonyl (C=O) groups excluding carboxylic acids is 2. The number of carbonyl (C=O) groups is 2. The van der Waals surface area contributed by atoms with Crippen LogP contribution in [-0.2, 0) is 11.3 Å². The Bertz CT molecular complexity index is 849. The zero-order valence-corrected chi connectivity index (χ0v) is 16.0. The highest BCUT2D eigenvalue weighted by atomic mass is 19.1. The zero-order chi connectivity index (χ0) is 19.7. The number of nitrogens with zero attached hydrogens (tertiary/aromatic N) is 1. The van der Waals surface area contributed by atoms with Crippen LogP contribution in [0.25, 0.3) is 0 Å². The molecule has 0 aromatic heterocycles. The molecule has 4 rings (SSSR count). The minimum Gasteiger partial charge on any atom is -0.352 e. The lowest BCUT2D eigenvalue weighted by atomic mass is 9.85. The fraction of sp³-hybridized carbons (Fsp3) is 0.391. The molecule has 2 aliphatic heterocycles. The van der Waals surface area contributed by atoms with Gasteiger partial charge in [-0.25, -0.2) is 4.39 Å². The van der Waals surface area contributed by atoms with Gasteiger partial charge in [-0.1, -0.05) is 24.3 Å². The second-order valence-corrected chi connectivity index (χ2v) is 7.92. The molecular weight excluding hydrogens is 355 g/mol. The van der Waals surface area contributed by atoms with Crippen LogP contribution >= 0.6 is 0 Å². The topological polar surface area (TPSA) is 49.4 Å². The van der Waals surface area contributed by atoms with E-state index in [0.29, 0.717) is 18.0 Å². The van der Waals surface area contributed by atoms with Gasteiger partial charge in [0, 0.05) is 31.1 Å². The molecule has 2 fully saturated rings. The molecule has 2 amide bonds. The van der Waals surface area contributed by atoms with Gasteiger partial charge in [0.15, 0.2) is 0 Å². The first-order valence-electron chi connectivity index (χ1n) is 9.93. The SMILES string of the molecule is CC(=O)NCc1ccc(C(=O)N2C3CCC2CC(c2ccc(F)cc2)C3)cc1. The van der Waals surface area contributed by atoms with E-state index in [0.717, 1.165) is 31.2 Å². The maximum absolute atomic E-state index is 13.2. The number of nitrogens with one attached hydrogen (secondary N) is 1. The van der Waals surface area contributed by atoms with Crippen molar-refractivity contribution in [3.63, 3.8) is 0 Å². The van der Waals surface area contributed by atoms with Gasteiger partial charge in [-0.3, -0.25) is 9.59 Å². The maximum atomic E-state index is 13.2. The van der Waals surface area contributed by atoms with E-state index >= 15 is 0 Å². The highest BCUT2D eigenvalue weighted by Gasteiger charge is 2.43. The molecule has 2 heterocycles. The van der Waals surface area contributed by atoms with Gasteiger partial charge in [-0.2, -0.15) is 0 Å². The number of amides is 2. The predicted octanol–water partition coefficient (Wildman–Crippen LogP) is 4.01. The second-order valence-electron chi connectivity index (χ2n) is 7.92. The fourth-order valence-electron chi connectivity index (χ4n) is 4.66. The summed E-state index contributed by atoms with van der Waals surface area (Å²) in [5, 5.41) is 2.76. The normalized spacial score (nSPS) is 23.5. The Morgan fingerprint density at radius 2 is 1.61 bits per heavy atom. The van der Waals surface area contributed by atoms with E-state index in [1.165, 1.54) is 24.6 Å². The lowest BCUT2D eigenvalue weighted by Crippen LogP contribution is -2.46. The van der Waals surface area contributed by atoms with Crippen LogP contribution in [0.1, 0.15) is 60.0 Å². The molecule has 0 saturated carbocycles. The highest BCUT2D eigenvalue weighted by Crippen LogP contribution is 2.43. The van der Waals surface area contributed by atoms with Gasteiger partial charge in [0.25, 0.3) is 5.91 Å². The molecule has 0 aliphatic carbocycles. The first-order valence-corrected chi connectivity index (χ1v) is 9.93. The smallest absolute Gasteiger partial charge is 0.254 e. The predicted molar refractivity (Wildman–Crippen MR) is 105 cm³/mol. The molecule has 2 aromatic carbocycles. The lowest BCUT2D eigenvalue weighted by molar-refractivity contribution is -0.119. The minimum absolute atomic E-state index is 0.0687. The average Bonchev–Trinajstić information content (AvgIpc) is 2.96. The van der Waals surface area contributed by atoms with Crippen molar-refractivity contribution in [2.24, 2.45) is 0 Å². The van der Waals surface area contributed by atoms with Crippen LogP contribution in [-0.4, -0.2) is 28.8 Å². The Kier molecular flexibility index (Phi) is 5.16. The molecule has 1 N–H and O–H groups in total. The van der Waals surface area contributed by atoms with Gasteiger partial charge >= 0.3 is 0 Å². The molecule has 146 valence electrons. The van der Waals surface area contributed by atoms with E-state index in [-0.39, 0.29) is 29.7 Å². The summed E-state index contributed by atoms with van der Waals surface area (Å²) in [6.07, 6.45) is 3.95. The summed E-state index contributed by atoms with van der Waals surface area (Å²) < 4.78 is 13.2. The van der Waals surface area contributed by atoms with Crippen LogP contribution < -0.4 is 5.32 Å². The minimum atomic E-state index is -0.207. The van der Waals surface area contributed by atoms with Gasteiger partial charge in [-0.05, 0) is 67.0 Å². The second kappa shape index (κ2) is 7.74. The maximum Gasteiger partial charge on any atom is 0.254 e. The van der Waals surface area contributed by atoms with Crippen molar-refractivity contribution >= 4 is 11.8 Å². The summed E-state index contributed by atoms with van der Waals surface area (Å²) in [7, 11) is 0. The van der Waals surface area contributed by atoms with Crippen molar-refractivity contribution in [2.75, 3.05) is 0 Å². The molecule has 2 aromatic rings. The van der Waals surface area contributed by atoms with Crippen LogP contribution in [0.2, 0.25) is 0 Å². The molecule has 0 radical (unpaired) electrons. The zero-order valence-electron chi connectivity index (χ0n) is 16.0. The van der Waals surface area contributed by atoms with Crippen LogP contribution in [0.3, 0.4) is 0 Å². The van der Waals surface area contributed by atoms with E-state index in [9.17, 15) is 14.0 Å². The Balaban J connectivity index is 1.44. The molecule has 2 unspecified atom stereocenters. The van der Waals surface area contributed by atoms with Gasteiger partial charge in [-0.15, -0.1) is 0 Å². The van der Waals surface area contributed by atoms with Crippen LogP contribution in [0, 0.1) is 5.82 Å².